The van der Waals surface area contributed by atoms with E-state index >= 15 is 0 Å². The summed E-state index contributed by atoms with van der Waals surface area (Å²) in [4.78, 5) is 92.4. The second kappa shape index (κ2) is 27.7. The van der Waals surface area contributed by atoms with Gasteiger partial charge in [-0.1, -0.05) is 72.8 Å². The van der Waals surface area contributed by atoms with E-state index in [1.807, 2.05) is 109 Å². The summed E-state index contributed by atoms with van der Waals surface area (Å²) in [7, 11) is 0. The Kier molecular flexibility index (Phi) is 19.4. The number of aromatic nitrogens is 3. The first-order valence-corrected chi connectivity index (χ1v) is 28.0. The fourth-order valence-corrected chi connectivity index (χ4v) is 10.4. The van der Waals surface area contributed by atoms with Crippen molar-refractivity contribution in [2.24, 2.45) is 17.2 Å². The van der Waals surface area contributed by atoms with Crippen molar-refractivity contribution >= 4 is 85.2 Å². The van der Waals surface area contributed by atoms with Gasteiger partial charge in [0, 0.05) is 57.7 Å². The van der Waals surface area contributed by atoms with E-state index in [9.17, 15) is 28.8 Å². The van der Waals surface area contributed by atoms with Crippen LogP contribution in [0.4, 0.5) is 17.1 Å². The van der Waals surface area contributed by atoms with Crippen LogP contribution in [0.1, 0.15) is 111 Å². The standard InChI is InChI=1S/C64H70N12O6/c65-34-4-1-16-52(74-59(77)49-13-7-10-43-31-37-68-56(43)49)62(80)71-46-25-19-40(20-26-46)55(41-21-27-47(28-22-41)72-63(81)53(17-2-5-35-66)75-60(78)50-14-8-11-44-32-38-69-57(44)50)42-23-29-48(30-24-42)73-64(82)54(18-3-6-36-67)76-61(79)51-15-9-12-45-33-39-70-58(45)51/h7-15,19-33,37-39,52-55,68-70H,1-6,16-18,34-36,65-67H2,(H,71,80)(H,72,81)(H,73,82)(H,74,77)(H,75,78)(H,76,79)/t52-,53-,54-/m1/s1. The van der Waals surface area contributed by atoms with Crippen molar-refractivity contribution in [2.45, 2.75) is 81.8 Å². The van der Waals surface area contributed by atoms with Gasteiger partial charge in [0.15, 0.2) is 0 Å². The Labute approximate surface area is 475 Å². The highest BCUT2D eigenvalue weighted by Gasteiger charge is 2.27. The van der Waals surface area contributed by atoms with Gasteiger partial charge < -0.3 is 64.1 Å². The summed E-state index contributed by atoms with van der Waals surface area (Å²) in [6, 6.07) is 41.8. The van der Waals surface area contributed by atoms with Crippen molar-refractivity contribution in [1.82, 2.24) is 30.9 Å². The molecule has 3 aromatic heterocycles. The summed E-state index contributed by atoms with van der Waals surface area (Å²) in [5.74, 6) is -2.63. The lowest BCUT2D eigenvalue weighted by Gasteiger charge is -2.22. The Hall–Kier alpha value is -9.36. The number of para-hydroxylation sites is 3. The van der Waals surface area contributed by atoms with Crippen molar-refractivity contribution in [3.8, 4) is 0 Å². The predicted molar refractivity (Wildman–Crippen MR) is 324 cm³/mol. The van der Waals surface area contributed by atoms with Gasteiger partial charge in [-0.25, -0.2) is 0 Å². The highest BCUT2D eigenvalue weighted by molar-refractivity contribution is 6.10. The number of hydrogen-bond acceptors (Lipinski definition) is 9. The quantitative estimate of drug-likeness (QED) is 0.0173. The first kappa shape index (κ1) is 57.3. The summed E-state index contributed by atoms with van der Waals surface area (Å²) in [5, 5.41) is 20.6. The van der Waals surface area contributed by atoms with Crippen LogP contribution in [0.5, 0.6) is 0 Å². The molecule has 18 heteroatoms. The molecule has 422 valence electrons. The van der Waals surface area contributed by atoms with Gasteiger partial charge in [0.05, 0.1) is 33.2 Å². The number of nitrogens with one attached hydrogen (secondary N) is 9. The van der Waals surface area contributed by atoms with Crippen molar-refractivity contribution in [3.63, 3.8) is 0 Å². The summed E-state index contributed by atoms with van der Waals surface area (Å²) in [5.41, 5.74) is 24.9. The molecule has 82 heavy (non-hydrogen) atoms. The van der Waals surface area contributed by atoms with Crippen molar-refractivity contribution in [3.05, 3.63) is 198 Å². The van der Waals surface area contributed by atoms with E-state index in [-0.39, 0.29) is 35.4 Å². The molecule has 18 nitrogen and oxygen atoms in total. The Morgan fingerprint density at radius 2 is 0.634 bits per heavy atom. The van der Waals surface area contributed by atoms with E-state index in [1.54, 1.807) is 55.0 Å². The third-order valence-electron chi connectivity index (χ3n) is 14.7. The second-order valence-electron chi connectivity index (χ2n) is 20.4. The lowest BCUT2D eigenvalue weighted by Crippen LogP contribution is -2.44. The first-order valence-electron chi connectivity index (χ1n) is 28.0. The molecule has 0 aliphatic heterocycles. The van der Waals surface area contributed by atoms with Gasteiger partial charge in [-0.15, -0.1) is 0 Å². The molecule has 0 radical (unpaired) electrons. The lowest BCUT2D eigenvalue weighted by molar-refractivity contribution is -0.118. The van der Waals surface area contributed by atoms with Crippen molar-refractivity contribution in [1.29, 1.82) is 0 Å². The van der Waals surface area contributed by atoms with Gasteiger partial charge in [0.1, 0.15) is 18.1 Å². The maximum absolute atomic E-state index is 14.0. The smallest absolute Gasteiger partial charge is 0.254 e. The molecule has 0 fully saturated rings. The van der Waals surface area contributed by atoms with Gasteiger partial charge >= 0.3 is 0 Å². The second-order valence-corrected chi connectivity index (χ2v) is 20.4. The third-order valence-corrected chi connectivity index (χ3v) is 14.7. The van der Waals surface area contributed by atoms with Crippen molar-refractivity contribution < 1.29 is 28.8 Å². The molecular weight excluding hydrogens is 1030 g/mol. The van der Waals surface area contributed by atoms with Crippen LogP contribution in [0.2, 0.25) is 0 Å². The molecule has 0 aliphatic carbocycles. The largest absolute Gasteiger partial charge is 0.361 e. The Balaban J connectivity index is 0.952. The summed E-state index contributed by atoms with van der Waals surface area (Å²) in [6.45, 7) is 1.35. The molecule has 9 aromatic rings. The molecule has 9 rings (SSSR count). The minimum atomic E-state index is -0.844. The molecule has 15 N–H and O–H groups in total. The first-order chi connectivity index (χ1) is 40.0. The maximum Gasteiger partial charge on any atom is 0.254 e. The zero-order valence-corrected chi connectivity index (χ0v) is 45.6. The third kappa shape index (κ3) is 14.1. The number of aromatic amines is 3. The Morgan fingerprint density at radius 3 is 0.902 bits per heavy atom. The molecule has 0 saturated carbocycles. The predicted octanol–water partition coefficient (Wildman–Crippen LogP) is 8.91. The number of anilines is 3. The molecule has 0 bridgehead atoms. The summed E-state index contributed by atoms with van der Waals surface area (Å²) in [6.07, 6.45) is 10.4. The Morgan fingerprint density at radius 1 is 0.354 bits per heavy atom. The average molecular weight is 1100 g/mol. The fraction of sp³-hybridized carbons (Fsp3) is 0.250. The SMILES string of the molecule is NCCCC[C@@H](NC(=O)c1cccc2cc[nH]c12)C(=O)Nc1ccc(C(c2ccc(NC(=O)[C@@H](CCCCN)NC(=O)c3cccc4cc[nH]c34)cc2)c2ccc(NC(=O)[C@@H](CCCCN)NC(=O)c3cccc4cc[nH]c34)cc2)cc1. The molecular formula is C64H70N12O6. The highest BCUT2D eigenvalue weighted by atomic mass is 16.2. The molecule has 0 saturated heterocycles. The highest BCUT2D eigenvalue weighted by Crippen LogP contribution is 2.34. The van der Waals surface area contributed by atoms with Crippen LogP contribution in [0.3, 0.4) is 0 Å². The molecule has 0 unspecified atom stereocenters. The van der Waals surface area contributed by atoms with Gasteiger partial charge in [-0.05, 0) is 167 Å². The van der Waals surface area contributed by atoms with Gasteiger partial charge in [-0.2, -0.15) is 0 Å². The molecule has 3 heterocycles. The van der Waals surface area contributed by atoms with Crippen LogP contribution in [0.15, 0.2) is 164 Å². The summed E-state index contributed by atoms with van der Waals surface area (Å²) >= 11 is 0. The fourth-order valence-electron chi connectivity index (χ4n) is 10.4. The minimum Gasteiger partial charge on any atom is -0.361 e. The molecule has 6 aromatic carbocycles. The number of nitrogens with two attached hydrogens (primary N) is 3. The van der Waals surface area contributed by atoms with E-state index in [1.165, 1.54) is 0 Å². The number of rotatable bonds is 27. The molecule has 0 spiro atoms. The maximum atomic E-state index is 14.0. The van der Waals surface area contributed by atoms with Crippen LogP contribution < -0.4 is 49.1 Å². The number of amides is 6. The zero-order chi connectivity index (χ0) is 57.4. The molecule has 0 aliphatic rings. The van der Waals surface area contributed by atoms with E-state index < -0.39 is 24.0 Å². The van der Waals surface area contributed by atoms with Crippen LogP contribution in [0, 0.1) is 0 Å². The number of unbranched alkanes of at least 4 members (excludes halogenated alkanes) is 3. The van der Waals surface area contributed by atoms with Gasteiger partial charge in [0.25, 0.3) is 17.7 Å². The van der Waals surface area contributed by atoms with Crippen LogP contribution in [0.25, 0.3) is 32.7 Å². The zero-order valence-electron chi connectivity index (χ0n) is 45.6. The summed E-state index contributed by atoms with van der Waals surface area (Å²) < 4.78 is 0. The van der Waals surface area contributed by atoms with E-state index in [0.717, 1.165) is 32.8 Å². The number of benzene rings is 6. The normalized spacial score (nSPS) is 12.4. The van der Waals surface area contributed by atoms with Crippen LogP contribution >= 0.6 is 0 Å². The van der Waals surface area contributed by atoms with Gasteiger partial charge in [0.2, 0.25) is 17.7 Å². The number of hydrogen-bond donors (Lipinski definition) is 12. The van der Waals surface area contributed by atoms with E-state index in [0.29, 0.717) is 128 Å². The average Bonchev–Trinajstić information content (AvgIpc) is 4.42. The van der Waals surface area contributed by atoms with E-state index in [4.69, 9.17) is 17.2 Å². The topological polar surface area (TPSA) is 300 Å². The van der Waals surface area contributed by atoms with Crippen LogP contribution in [-0.2, 0) is 14.4 Å². The lowest BCUT2D eigenvalue weighted by atomic mass is 9.85. The minimum absolute atomic E-state index is 0.373. The van der Waals surface area contributed by atoms with Gasteiger partial charge in [-0.3, -0.25) is 28.8 Å². The van der Waals surface area contributed by atoms with E-state index in [2.05, 4.69) is 46.9 Å². The van der Waals surface area contributed by atoms with Crippen LogP contribution in [-0.4, -0.2) is 88.2 Å². The number of carbonyl (C=O) groups excluding carboxylic acids is 6. The molecule has 3 atom stereocenters. The monoisotopic (exact) mass is 1100 g/mol. The Bertz CT molecular complexity index is 3260. The molecule has 6 amide bonds. The number of fused-ring (bicyclic) bond motifs is 3. The number of H-pyrrole nitrogens is 3. The number of carbonyl (C=O) groups is 6. The van der Waals surface area contributed by atoms with Crippen molar-refractivity contribution in [2.75, 3.05) is 35.6 Å².